The SMILES string of the molecule is O=c1c2ccccc2nc(CN2CCOCC2)n1C[C@@H]1CCCCO1. The predicted octanol–water partition coefficient (Wildman–Crippen LogP) is 1.80. The van der Waals surface area contributed by atoms with Gasteiger partial charge in [-0.05, 0) is 31.4 Å². The van der Waals surface area contributed by atoms with Gasteiger partial charge in [-0.1, -0.05) is 12.1 Å². The van der Waals surface area contributed by atoms with E-state index in [1.807, 2.05) is 28.8 Å². The first-order valence-electron chi connectivity index (χ1n) is 9.21. The van der Waals surface area contributed by atoms with Gasteiger partial charge in [0.25, 0.3) is 5.56 Å². The fourth-order valence-corrected chi connectivity index (χ4v) is 3.64. The lowest BCUT2D eigenvalue weighted by atomic mass is 10.1. The van der Waals surface area contributed by atoms with E-state index in [2.05, 4.69) is 4.90 Å². The zero-order chi connectivity index (χ0) is 17.1. The molecular formula is C19H25N3O3. The van der Waals surface area contributed by atoms with Crippen LogP contribution in [0.1, 0.15) is 25.1 Å². The second kappa shape index (κ2) is 7.64. The zero-order valence-electron chi connectivity index (χ0n) is 14.5. The van der Waals surface area contributed by atoms with Crippen molar-refractivity contribution in [3.63, 3.8) is 0 Å². The third-order valence-electron chi connectivity index (χ3n) is 5.07. The first kappa shape index (κ1) is 16.7. The summed E-state index contributed by atoms with van der Waals surface area (Å²) in [5.74, 6) is 0.833. The Kier molecular flexibility index (Phi) is 5.10. The number of hydrogen-bond acceptors (Lipinski definition) is 5. The minimum absolute atomic E-state index is 0.0445. The molecule has 2 aromatic rings. The summed E-state index contributed by atoms with van der Waals surface area (Å²) in [4.78, 5) is 20.2. The molecule has 1 aromatic carbocycles. The Morgan fingerprint density at radius 2 is 1.96 bits per heavy atom. The maximum absolute atomic E-state index is 13.1. The van der Waals surface area contributed by atoms with Crippen LogP contribution in [-0.4, -0.2) is 53.5 Å². The number of ether oxygens (including phenoxy) is 2. The Balaban J connectivity index is 1.69. The maximum Gasteiger partial charge on any atom is 0.261 e. The molecule has 0 unspecified atom stereocenters. The number of nitrogens with zero attached hydrogens (tertiary/aromatic N) is 3. The van der Waals surface area contributed by atoms with E-state index in [-0.39, 0.29) is 11.7 Å². The normalized spacial score (nSPS) is 22.3. The molecule has 1 aromatic heterocycles. The zero-order valence-corrected chi connectivity index (χ0v) is 14.5. The van der Waals surface area contributed by atoms with Gasteiger partial charge in [-0.25, -0.2) is 4.98 Å². The lowest BCUT2D eigenvalue weighted by molar-refractivity contribution is 0.00332. The molecule has 134 valence electrons. The van der Waals surface area contributed by atoms with Crippen LogP contribution in [-0.2, 0) is 22.6 Å². The summed E-state index contributed by atoms with van der Waals surface area (Å²) in [7, 11) is 0. The molecule has 6 heteroatoms. The van der Waals surface area contributed by atoms with Gasteiger partial charge < -0.3 is 9.47 Å². The highest BCUT2D eigenvalue weighted by Crippen LogP contribution is 2.16. The lowest BCUT2D eigenvalue weighted by Gasteiger charge is -2.28. The molecular weight excluding hydrogens is 318 g/mol. The minimum Gasteiger partial charge on any atom is -0.379 e. The molecule has 0 aliphatic carbocycles. The first-order valence-corrected chi connectivity index (χ1v) is 9.21. The van der Waals surface area contributed by atoms with Crippen molar-refractivity contribution < 1.29 is 9.47 Å². The highest BCUT2D eigenvalue weighted by Gasteiger charge is 2.20. The van der Waals surface area contributed by atoms with E-state index in [1.54, 1.807) is 0 Å². The average Bonchev–Trinajstić information content (AvgIpc) is 2.67. The molecule has 25 heavy (non-hydrogen) atoms. The van der Waals surface area contributed by atoms with Crippen molar-refractivity contribution in [2.24, 2.45) is 0 Å². The van der Waals surface area contributed by atoms with E-state index in [0.29, 0.717) is 18.5 Å². The third kappa shape index (κ3) is 3.76. The van der Waals surface area contributed by atoms with Crippen molar-refractivity contribution in [1.82, 2.24) is 14.5 Å². The van der Waals surface area contributed by atoms with Crippen molar-refractivity contribution >= 4 is 10.9 Å². The summed E-state index contributed by atoms with van der Waals surface area (Å²) in [5, 5.41) is 0.684. The van der Waals surface area contributed by atoms with Crippen LogP contribution < -0.4 is 5.56 Å². The minimum atomic E-state index is 0.0445. The van der Waals surface area contributed by atoms with Crippen LogP contribution in [0, 0.1) is 0 Å². The van der Waals surface area contributed by atoms with Crippen molar-refractivity contribution in [1.29, 1.82) is 0 Å². The first-order chi connectivity index (χ1) is 12.3. The molecule has 2 fully saturated rings. The van der Waals surface area contributed by atoms with Crippen molar-refractivity contribution in [2.75, 3.05) is 32.9 Å². The molecule has 1 atom stereocenters. The number of benzene rings is 1. The van der Waals surface area contributed by atoms with E-state index < -0.39 is 0 Å². The van der Waals surface area contributed by atoms with Crippen LogP contribution in [0.5, 0.6) is 0 Å². The number of rotatable bonds is 4. The van der Waals surface area contributed by atoms with Gasteiger partial charge in [0.2, 0.25) is 0 Å². The molecule has 2 saturated heterocycles. The van der Waals surface area contributed by atoms with Gasteiger partial charge in [-0.3, -0.25) is 14.3 Å². The Hall–Kier alpha value is -1.76. The number of morpholine rings is 1. The smallest absolute Gasteiger partial charge is 0.261 e. The van der Waals surface area contributed by atoms with E-state index in [4.69, 9.17) is 14.5 Å². The molecule has 3 heterocycles. The van der Waals surface area contributed by atoms with Gasteiger partial charge in [-0.2, -0.15) is 0 Å². The summed E-state index contributed by atoms with van der Waals surface area (Å²) < 4.78 is 13.1. The van der Waals surface area contributed by atoms with Gasteiger partial charge in [0, 0.05) is 19.7 Å². The monoisotopic (exact) mass is 343 g/mol. The van der Waals surface area contributed by atoms with Crippen LogP contribution in [0.2, 0.25) is 0 Å². The molecule has 0 radical (unpaired) electrons. The summed E-state index contributed by atoms with van der Waals surface area (Å²) >= 11 is 0. The van der Waals surface area contributed by atoms with Crippen molar-refractivity contribution in [3.8, 4) is 0 Å². The van der Waals surface area contributed by atoms with Crippen LogP contribution >= 0.6 is 0 Å². The van der Waals surface area contributed by atoms with E-state index >= 15 is 0 Å². The fourth-order valence-electron chi connectivity index (χ4n) is 3.64. The number of fused-ring (bicyclic) bond motifs is 1. The van der Waals surface area contributed by atoms with Gasteiger partial charge in [0.1, 0.15) is 5.82 Å². The molecule has 0 amide bonds. The molecule has 0 spiro atoms. The van der Waals surface area contributed by atoms with Gasteiger partial charge in [-0.15, -0.1) is 0 Å². The molecule has 2 aliphatic rings. The summed E-state index contributed by atoms with van der Waals surface area (Å²) in [5.41, 5.74) is 0.819. The number of aromatic nitrogens is 2. The highest BCUT2D eigenvalue weighted by atomic mass is 16.5. The molecule has 2 aliphatic heterocycles. The fraction of sp³-hybridized carbons (Fsp3) is 0.579. The van der Waals surface area contributed by atoms with E-state index in [1.165, 1.54) is 6.42 Å². The Bertz CT molecular complexity index is 777. The van der Waals surface area contributed by atoms with Crippen molar-refractivity contribution in [3.05, 3.63) is 40.4 Å². The Morgan fingerprint density at radius 1 is 1.12 bits per heavy atom. The molecule has 0 N–H and O–H groups in total. The summed E-state index contributed by atoms with van der Waals surface area (Å²) in [6, 6.07) is 7.61. The molecule has 0 saturated carbocycles. The van der Waals surface area contributed by atoms with Crippen LogP contribution in [0.25, 0.3) is 10.9 Å². The highest BCUT2D eigenvalue weighted by molar-refractivity contribution is 5.77. The van der Waals surface area contributed by atoms with Gasteiger partial charge in [0.15, 0.2) is 0 Å². The van der Waals surface area contributed by atoms with Crippen LogP contribution in [0.3, 0.4) is 0 Å². The van der Waals surface area contributed by atoms with Crippen LogP contribution in [0.4, 0.5) is 0 Å². The largest absolute Gasteiger partial charge is 0.379 e. The second-order valence-corrected chi connectivity index (χ2v) is 6.84. The lowest BCUT2D eigenvalue weighted by Crippen LogP contribution is -2.39. The quantitative estimate of drug-likeness (QED) is 0.847. The Labute approximate surface area is 147 Å². The van der Waals surface area contributed by atoms with Gasteiger partial charge >= 0.3 is 0 Å². The van der Waals surface area contributed by atoms with E-state index in [0.717, 1.165) is 57.1 Å². The topological polar surface area (TPSA) is 56.6 Å². The molecule has 6 nitrogen and oxygen atoms in total. The van der Waals surface area contributed by atoms with Crippen LogP contribution in [0.15, 0.2) is 29.1 Å². The molecule has 0 bridgehead atoms. The second-order valence-electron chi connectivity index (χ2n) is 6.84. The maximum atomic E-state index is 13.1. The van der Waals surface area contributed by atoms with Crippen molar-refractivity contribution in [2.45, 2.75) is 38.5 Å². The summed E-state index contributed by atoms with van der Waals surface area (Å²) in [6.45, 7) is 5.30. The molecule has 4 rings (SSSR count). The van der Waals surface area contributed by atoms with E-state index in [9.17, 15) is 4.79 Å². The number of hydrogen-bond donors (Lipinski definition) is 0. The predicted molar refractivity (Wildman–Crippen MR) is 95.7 cm³/mol. The summed E-state index contributed by atoms with van der Waals surface area (Å²) in [6.07, 6.45) is 3.40. The average molecular weight is 343 g/mol. The third-order valence-corrected chi connectivity index (χ3v) is 5.07. The van der Waals surface area contributed by atoms with Gasteiger partial charge in [0.05, 0.1) is 43.3 Å². The standard InChI is InChI=1S/C19H25N3O3/c23-19-16-6-1-2-7-17(16)20-18(14-21-8-11-24-12-9-21)22(19)13-15-5-3-4-10-25-15/h1-2,6-7,15H,3-5,8-14H2/t15-/m0/s1. The number of para-hydroxylation sites is 1. The Morgan fingerprint density at radius 3 is 2.76 bits per heavy atom.